The summed E-state index contributed by atoms with van der Waals surface area (Å²) < 4.78 is 5.65. The van der Waals surface area contributed by atoms with Crippen molar-refractivity contribution in [2.75, 3.05) is 13.2 Å². The maximum atomic E-state index is 12.3. The molecule has 2 N–H and O–H groups in total. The first-order valence-electron chi connectivity index (χ1n) is 9.48. The van der Waals surface area contributed by atoms with Crippen LogP contribution in [0.5, 0.6) is 0 Å². The first-order valence-corrected chi connectivity index (χ1v) is 9.48. The SMILES string of the molecule is O=C(NCCCOCc1ccccc1)C1CCC2CCCCC2N1. The third-order valence-electron chi connectivity index (χ3n) is 5.34. The van der Waals surface area contributed by atoms with Crippen LogP contribution in [0.1, 0.15) is 50.5 Å². The van der Waals surface area contributed by atoms with Crippen LogP contribution in [0.15, 0.2) is 30.3 Å². The average molecular weight is 330 g/mol. The van der Waals surface area contributed by atoms with Crippen LogP contribution in [0.25, 0.3) is 0 Å². The summed E-state index contributed by atoms with van der Waals surface area (Å²) in [4.78, 5) is 12.3. The van der Waals surface area contributed by atoms with Crippen LogP contribution < -0.4 is 10.6 Å². The number of carbonyl (C=O) groups excluding carboxylic acids is 1. The van der Waals surface area contributed by atoms with E-state index in [0.29, 0.717) is 25.8 Å². The lowest BCUT2D eigenvalue weighted by Gasteiger charge is -2.39. The number of benzene rings is 1. The van der Waals surface area contributed by atoms with Gasteiger partial charge in [0, 0.05) is 19.2 Å². The van der Waals surface area contributed by atoms with Gasteiger partial charge in [0.05, 0.1) is 12.6 Å². The number of amides is 1. The molecule has 3 unspecified atom stereocenters. The highest BCUT2D eigenvalue weighted by Gasteiger charge is 2.34. The van der Waals surface area contributed by atoms with Crippen molar-refractivity contribution in [3.05, 3.63) is 35.9 Å². The van der Waals surface area contributed by atoms with Crippen molar-refractivity contribution in [1.29, 1.82) is 0 Å². The lowest BCUT2D eigenvalue weighted by molar-refractivity contribution is -0.124. The predicted molar refractivity (Wildman–Crippen MR) is 95.6 cm³/mol. The zero-order valence-corrected chi connectivity index (χ0v) is 14.5. The van der Waals surface area contributed by atoms with Crippen molar-refractivity contribution in [1.82, 2.24) is 10.6 Å². The van der Waals surface area contributed by atoms with Gasteiger partial charge in [-0.2, -0.15) is 0 Å². The van der Waals surface area contributed by atoms with E-state index in [1.807, 2.05) is 18.2 Å². The summed E-state index contributed by atoms with van der Waals surface area (Å²) in [7, 11) is 0. The number of hydrogen-bond acceptors (Lipinski definition) is 3. The van der Waals surface area contributed by atoms with Crippen molar-refractivity contribution >= 4 is 5.91 Å². The second-order valence-electron chi connectivity index (χ2n) is 7.13. The molecule has 2 fully saturated rings. The van der Waals surface area contributed by atoms with Gasteiger partial charge in [-0.25, -0.2) is 0 Å². The molecule has 2 aliphatic rings. The van der Waals surface area contributed by atoms with E-state index in [-0.39, 0.29) is 11.9 Å². The molecule has 0 spiro atoms. The summed E-state index contributed by atoms with van der Waals surface area (Å²) in [5.74, 6) is 0.969. The minimum atomic E-state index is 0.00888. The number of piperidine rings is 1. The molecule has 1 aromatic carbocycles. The molecule has 1 amide bonds. The number of carbonyl (C=O) groups is 1. The molecule has 1 heterocycles. The lowest BCUT2D eigenvalue weighted by atomic mass is 9.77. The van der Waals surface area contributed by atoms with Crippen LogP contribution in [0, 0.1) is 5.92 Å². The van der Waals surface area contributed by atoms with Gasteiger partial charge >= 0.3 is 0 Å². The minimum absolute atomic E-state index is 0.00888. The Balaban J connectivity index is 1.27. The maximum absolute atomic E-state index is 12.3. The van der Waals surface area contributed by atoms with Gasteiger partial charge in [0.25, 0.3) is 0 Å². The quantitative estimate of drug-likeness (QED) is 0.756. The third kappa shape index (κ3) is 5.05. The maximum Gasteiger partial charge on any atom is 0.237 e. The molecule has 4 heteroatoms. The van der Waals surface area contributed by atoms with E-state index in [0.717, 1.165) is 18.8 Å². The van der Waals surface area contributed by atoms with Gasteiger partial charge in [0.1, 0.15) is 0 Å². The molecule has 1 aliphatic carbocycles. The van der Waals surface area contributed by atoms with Gasteiger partial charge in [-0.3, -0.25) is 4.79 Å². The standard InChI is InChI=1S/C20H30N2O2/c23-20(19-12-11-17-9-4-5-10-18(17)22-19)21-13-6-14-24-15-16-7-2-1-3-8-16/h1-3,7-8,17-19,22H,4-6,9-15H2,(H,21,23). The van der Waals surface area contributed by atoms with E-state index in [1.165, 1.54) is 37.7 Å². The Bertz CT molecular complexity index is 506. The van der Waals surface area contributed by atoms with E-state index in [1.54, 1.807) is 0 Å². The second-order valence-corrected chi connectivity index (χ2v) is 7.13. The first-order chi connectivity index (χ1) is 11.8. The van der Waals surface area contributed by atoms with Crippen LogP contribution in [-0.4, -0.2) is 31.1 Å². The van der Waals surface area contributed by atoms with Crippen molar-refractivity contribution < 1.29 is 9.53 Å². The minimum Gasteiger partial charge on any atom is -0.377 e. The molecule has 24 heavy (non-hydrogen) atoms. The fourth-order valence-corrected chi connectivity index (χ4v) is 3.98. The van der Waals surface area contributed by atoms with E-state index in [9.17, 15) is 4.79 Å². The Labute approximate surface area is 145 Å². The van der Waals surface area contributed by atoms with Crippen molar-refractivity contribution in [3.63, 3.8) is 0 Å². The molecule has 0 bridgehead atoms. The highest BCUT2D eigenvalue weighted by atomic mass is 16.5. The van der Waals surface area contributed by atoms with Crippen molar-refractivity contribution in [2.45, 2.75) is 63.6 Å². The largest absolute Gasteiger partial charge is 0.377 e. The average Bonchev–Trinajstić information content (AvgIpc) is 2.65. The zero-order valence-electron chi connectivity index (χ0n) is 14.5. The first kappa shape index (κ1) is 17.4. The van der Waals surface area contributed by atoms with E-state index in [2.05, 4.69) is 22.8 Å². The molecule has 1 saturated heterocycles. The van der Waals surface area contributed by atoms with E-state index >= 15 is 0 Å². The number of hydrogen-bond donors (Lipinski definition) is 2. The lowest BCUT2D eigenvalue weighted by Crippen LogP contribution is -2.55. The normalized spacial score (nSPS) is 26.6. The Kier molecular flexibility index (Phi) is 6.67. The number of ether oxygens (including phenoxy) is 1. The third-order valence-corrected chi connectivity index (χ3v) is 5.34. The zero-order chi connectivity index (χ0) is 16.6. The van der Waals surface area contributed by atoms with Gasteiger partial charge in [-0.1, -0.05) is 43.2 Å². The number of nitrogens with one attached hydrogen (secondary N) is 2. The van der Waals surface area contributed by atoms with Crippen LogP contribution in [0.4, 0.5) is 0 Å². The fraction of sp³-hybridized carbons (Fsp3) is 0.650. The van der Waals surface area contributed by atoms with Gasteiger partial charge in [-0.15, -0.1) is 0 Å². The second kappa shape index (κ2) is 9.19. The molecule has 132 valence electrons. The van der Waals surface area contributed by atoms with Gasteiger partial charge in [0.2, 0.25) is 5.91 Å². The molecule has 3 rings (SSSR count). The Morgan fingerprint density at radius 1 is 1.12 bits per heavy atom. The summed E-state index contributed by atoms with van der Waals surface area (Å²) in [6.07, 6.45) is 8.29. The molecule has 0 radical (unpaired) electrons. The summed E-state index contributed by atoms with van der Waals surface area (Å²) in [5.41, 5.74) is 1.19. The summed E-state index contributed by atoms with van der Waals surface area (Å²) in [5, 5.41) is 6.65. The van der Waals surface area contributed by atoms with Gasteiger partial charge in [-0.05, 0) is 43.6 Å². The molecule has 0 aromatic heterocycles. The molecule has 4 nitrogen and oxygen atoms in total. The van der Waals surface area contributed by atoms with Gasteiger partial charge < -0.3 is 15.4 Å². The van der Waals surface area contributed by atoms with Gasteiger partial charge in [0.15, 0.2) is 0 Å². The van der Waals surface area contributed by atoms with Crippen LogP contribution in [0.2, 0.25) is 0 Å². The molecular formula is C20H30N2O2. The summed E-state index contributed by atoms with van der Waals surface area (Å²) >= 11 is 0. The Morgan fingerprint density at radius 2 is 1.96 bits per heavy atom. The fourth-order valence-electron chi connectivity index (χ4n) is 3.98. The monoisotopic (exact) mass is 330 g/mol. The van der Waals surface area contributed by atoms with E-state index < -0.39 is 0 Å². The van der Waals surface area contributed by atoms with Crippen LogP contribution in [0.3, 0.4) is 0 Å². The molecule has 1 aliphatic heterocycles. The molecular weight excluding hydrogens is 300 g/mol. The van der Waals surface area contributed by atoms with Crippen LogP contribution in [-0.2, 0) is 16.1 Å². The van der Waals surface area contributed by atoms with Crippen molar-refractivity contribution in [3.8, 4) is 0 Å². The number of rotatable bonds is 7. The Hall–Kier alpha value is -1.39. The van der Waals surface area contributed by atoms with Crippen molar-refractivity contribution in [2.24, 2.45) is 5.92 Å². The Morgan fingerprint density at radius 3 is 2.83 bits per heavy atom. The highest BCUT2D eigenvalue weighted by Crippen LogP contribution is 2.32. The molecule has 3 atom stereocenters. The predicted octanol–water partition coefficient (Wildman–Crippen LogP) is 3.02. The van der Waals surface area contributed by atoms with E-state index in [4.69, 9.17) is 4.74 Å². The topological polar surface area (TPSA) is 50.4 Å². The smallest absolute Gasteiger partial charge is 0.237 e. The molecule has 1 saturated carbocycles. The number of fused-ring (bicyclic) bond motifs is 1. The molecule has 1 aromatic rings. The van der Waals surface area contributed by atoms with Crippen LogP contribution >= 0.6 is 0 Å². The highest BCUT2D eigenvalue weighted by molar-refractivity contribution is 5.81. The summed E-state index contributed by atoms with van der Waals surface area (Å²) in [6.45, 7) is 2.01. The summed E-state index contributed by atoms with van der Waals surface area (Å²) in [6, 6.07) is 10.8.